The molecular weight excluding hydrogens is 373 g/mol. The van der Waals surface area contributed by atoms with E-state index in [9.17, 15) is 0 Å². The molecule has 4 heteroatoms. The van der Waals surface area contributed by atoms with E-state index < -0.39 is 0 Å². The third kappa shape index (κ3) is 5.75. The van der Waals surface area contributed by atoms with Crippen LogP contribution in [-0.4, -0.2) is 19.6 Å². The largest absolute Gasteiger partial charge is 0.370 e. The molecule has 0 amide bonds. The first-order valence-electron chi connectivity index (χ1n) is 6.84. The van der Waals surface area contributed by atoms with Crippen LogP contribution in [-0.2, 0) is 6.42 Å². The van der Waals surface area contributed by atoms with Crippen molar-refractivity contribution in [3.05, 3.63) is 71.8 Å². The zero-order valence-corrected chi connectivity index (χ0v) is 14.5. The monoisotopic (exact) mass is 395 g/mol. The van der Waals surface area contributed by atoms with Crippen molar-refractivity contribution < 1.29 is 0 Å². The second kappa shape index (κ2) is 9.39. The predicted octanol–water partition coefficient (Wildman–Crippen LogP) is 3.17. The van der Waals surface area contributed by atoms with E-state index in [1.54, 1.807) is 7.05 Å². The molecule has 3 N–H and O–H groups in total. The van der Waals surface area contributed by atoms with Crippen LogP contribution >= 0.6 is 24.0 Å². The number of aliphatic imine (C=N–C) groups is 1. The van der Waals surface area contributed by atoms with Crippen molar-refractivity contribution in [2.75, 3.05) is 13.6 Å². The fraction of sp³-hybridized carbons (Fsp3) is 0.235. The number of rotatable bonds is 5. The van der Waals surface area contributed by atoms with E-state index in [4.69, 9.17) is 5.73 Å². The van der Waals surface area contributed by atoms with Gasteiger partial charge in [-0.15, -0.1) is 24.0 Å². The number of benzene rings is 2. The summed E-state index contributed by atoms with van der Waals surface area (Å²) in [6.45, 7) is 0.780. The molecule has 1 atom stereocenters. The predicted molar refractivity (Wildman–Crippen MR) is 100 cm³/mol. The highest BCUT2D eigenvalue weighted by Crippen LogP contribution is 2.20. The average molecular weight is 395 g/mol. The van der Waals surface area contributed by atoms with Crippen LogP contribution in [0, 0.1) is 0 Å². The Labute approximate surface area is 143 Å². The lowest BCUT2D eigenvalue weighted by molar-refractivity contribution is 0.654. The van der Waals surface area contributed by atoms with Crippen LogP contribution in [0.15, 0.2) is 65.7 Å². The van der Waals surface area contributed by atoms with Crippen LogP contribution in [0.3, 0.4) is 0 Å². The molecule has 0 aliphatic rings. The summed E-state index contributed by atoms with van der Waals surface area (Å²) in [4.78, 5) is 3.94. The second-order valence-corrected chi connectivity index (χ2v) is 4.79. The molecular formula is C17H22IN3. The van der Waals surface area contributed by atoms with Gasteiger partial charge in [0.1, 0.15) is 0 Å². The molecule has 0 saturated carbocycles. The van der Waals surface area contributed by atoms with Crippen LogP contribution in [0.5, 0.6) is 0 Å². The van der Waals surface area contributed by atoms with Crippen molar-refractivity contribution >= 4 is 29.9 Å². The third-order valence-corrected chi connectivity index (χ3v) is 3.37. The Balaban J connectivity index is 0.00000220. The fourth-order valence-corrected chi connectivity index (χ4v) is 2.24. The van der Waals surface area contributed by atoms with E-state index in [1.165, 1.54) is 11.1 Å². The van der Waals surface area contributed by atoms with Gasteiger partial charge in [-0.05, 0) is 17.5 Å². The standard InChI is InChI=1S/C17H21N3.HI/c1-19-17(18)20-13-16(15-10-6-3-7-11-15)12-14-8-4-2-5-9-14;/h2-11,16H,12-13H2,1H3,(H3,18,19,20);1H. The first kappa shape index (κ1) is 17.5. The topological polar surface area (TPSA) is 50.4 Å². The molecule has 0 fully saturated rings. The Bertz CT molecular complexity index is 540. The van der Waals surface area contributed by atoms with Gasteiger partial charge >= 0.3 is 0 Å². The third-order valence-electron chi connectivity index (χ3n) is 3.37. The molecule has 0 aliphatic heterocycles. The van der Waals surface area contributed by atoms with Gasteiger partial charge in [0.15, 0.2) is 5.96 Å². The minimum atomic E-state index is 0. The summed E-state index contributed by atoms with van der Waals surface area (Å²) in [6, 6.07) is 21.0. The summed E-state index contributed by atoms with van der Waals surface area (Å²) in [5, 5.41) is 3.18. The summed E-state index contributed by atoms with van der Waals surface area (Å²) in [7, 11) is 1.69. The van der Waals surface area contributed by atoms with E-state index in [2.05, 4.69) is 58.8 Å². The van der Waals surface area contributed by atoms with E-state index in [0.29, 0.717) is 11.9 Å². The first-order valence-corrected chi connectivity index (χ1v) is 6.84. The number of hydrogen-bond donors (Lipinski definition) is 2. The van der Waals surface area contributed by atoms with E-state index in [0.717, 1.165) is 13.0 Å². The molecule has 0 aliphatic carbocycles. The fourth-order valence-electron chi connectivity index (χ4n) is 2.24. The lowest BCUT2D eigenvalue weighted by atomic mass is 9.92. The molecule has 2 aromatic rings. The number of halogens is 1. The maximum Gasteiger partial charge on any atom is 0.188 e. The van der Waals surface area contributed by atoms with Crippen molar-refractivity contribution in [1.29, 1.82) is 0 Å². The average Bonchev–Trinajstić information content (AvgIpc) is 2.53. The molecule has 2 aromatic carbocycles. The van der Waals surface area contributed by atoms with Crippen molar-refractivity contribution in [3.63, 3.8) is 0 Å². The quantitative estimate of drug-likeness (QED) is 0.464. The van der Waals surface area contributed by atoms with Gasteiger partial charge in [-0.1, -0.05) is 60.7 Å². The molecule has 1 unspecified atom stereocenters. The Morgan fingerprint density at radius 3 is 2.19 bits per heavy atom. The summed E-state index contributed by atoms with van der Waals surface area (Å²) in [5.74, 6) is 0.859. The molecule has 0 heterocycles. The Kier molecular flexibility index (Phi) is 7.82. The molecule has 21 heavy (non-hydrogen) atoms. The molecule has 0 saturated heterocycles. The van der Waals surface area contributed by atoms with Gasteiger partial charge in [0, 0.05) is 19.5 Å². The van der Waals surface area contributed by atoms with Crippen LogP contribution in [0.25, 0.3) is 0 Å². The number of guanidine groups is 1. The van der Waals surface area contributed by atoms with Crippen LogP contribution < -0.4 is 11.1 Å². The van der Waals surface area contributed by atoms with Crippen LogP contribution in [0.2, 0.25) is 0 Å². The van der Waals surface area contributed by atoms with E-state index >= 15 is 0 Å². The van der Waals surface area contributed by atoms with Crippen LogP contribution in [0.1, 0.15) is 17.0 Å². The molecule has 0 radical (unpaired) electrons. The van der Waals surface area contributed by atoms with Crippen molar-refractivity contribution in [2.45, 2.75) is 12.3 Å². The van der Waals surface area contributed by atoms with Gasteiger partial charge in [0.05, 0.1) is 0 Å². The van der Waals surface area contributed by atoms with Gasteiger partial charge in [-0.3, -0.25) is 4.99 Å². The Morgan fingerprint density at radius 1 is 1.05 bits per heavy atom. The van der Waals surface area contributed by atoms with E-state index in [-0.39, 0.29) is 24.0 Å². The minimum Gasteiger partial charge on any atom is -0.370 e. The molecule has 0 bridgehead atoms. The summed E-state index contributed by atoms with van der Waals surface area (Å²) < 4.78 is 0. The molecule has 0 aromatic heterocycles. The number of hydrogen-bond acceptors (Lipinski definition) is 1. The molecule has 112 valence electrons. The minimum absolute atomic E-state index is 0. The zero-order chi connectivity index (χ0) is 14.2. The molecule has 2 rings (SSSR count). The summed E-state index contributed by atoms with van der Waals surface area (Å²) in [5.41, 5.74) is 8.37. The SMILES string of the molecule is CN=C(N)NCC(Cc1ccccc1)c1ccccc1.I. The van der Waals surface area contributed by atoms with Gasteiger partial charge in [0.25, 0.3) is 0 Å². The maximum absolute atomic E-state index is 5.73. The van der Waals surface area contributed by atoms with E-state index in [1.807, 2.05) is 12.1 Å². The Morgan fingerprint density at radius 2 is 1.62 bits per heavy atom. The second-order valence-electron chi connectivity index (χ2n) is 4.79. The smallest absolute Gasteiger partial charge is 0.188 e. The van der Waals surface area contributed by atoms with Gasteiger partial charge in [0.2, 0.25) is 0 Å². The maximum atomic E-state index is 5.73. The Hall–Kier alpha value is -1.56. The highest BCUT2D eigenvalue weighted by Gasteiger charge is 2.12. The van der Waals surface area contributed by atoms with Gasteiger partial charge < -0.3 is 11.1 Å². The van der Waals surface area contributed by atoms with Crippen molar-refractivity contribution in [1.82, 2.24) is 5.32 Å². The number of nitrogens with one attached hydrogen (secondary N) is 1. The highest BCUT2D eigenvalue weighted by molar-refractivity contribution is 14.0. The zero-order valence-electron chi connectivity index (χ0n) is 12.2. The number of nitrogens with two attached hydrogens (primary N) is 1. The lowest BCUT2D eigenvalue weighted by Gasteiger charge is -2.18. The van der Waals surface area contributed by atoms with Crippen molar-refractivity contribution in [3.8, 4) is 0 Å². The first-order chi connectivity index (χ1) is 9.79. The number of nitrogens with zero attached hydrogens (tertiary/aromatic N) is 1. The molecule has 3 nitrogen and oxygen atoms in total. The summed E-state index contributed by atoms with van der Waals surface area (Å²) >= 11 is 0. The van der Waals surface area contributed by atoms with Crippen molar-refractivity contribution in [2.24, 2.45) is 10.7 Å². The highest BCUT2D eigenvalue weighted by atomic mass is 127. The van der Waals surface area contributed by atoms with Gasteiger partial charge in [-0.25, -0.2) is 0 Å². The van der Waals surface area contributed by atoms with Gasteiger partial charge in [-0.2, -0.15) is 0 Å². The van der Waals surface area contributed by atoms with Crippen LogP contribution in [0.4, 0.5) is 0 Å². The normalized spacial score (nSPS) is 12.3. The molecule has 0 spiro atoms. The summed E-state index contributed by atoms with van der Waals surface area (Å²) in [6.07, 6.45) is 0.981. The lowest BCUT2D eigenvalue weighted by Crippen LogP contribution is -2.35.